The molecule has 3 aliphatic rings. The number of fused-ring (bicyclic) bond motifs is 2. The fourth-order valence-corrected chi connectivity index (χ4v) is 6.47. The van der Waals surface area contributed by atoms with E-state index in [0.717, 1.165) is 5.56 Å². The number of amides is 1. The number of allylic oxidation sites excluding steroid dienone is 1. The fraction of sp³-hybridized carbons (Fsp3) is 0.500. The van der Waals surface area contributed by atoms with Gasteiger partial charge in [-0.3, -0.25) is 4.79 Å². The number of nitrogens with one attached hydrogen (secondary N) is 1. The van der Waals surface area contributed by atoms with E-state index in [-0.39, 0.29) is 16.9 Å². The molecular weight excluding hydrogens is 404 g/mol. The van der Waals surface area contributed by atoms with Crippen LogP contribution in [0.5, 0.6) is 0 Å². The normalized spacial score (nSPS) is 29.4. The zero-order valence-electron chi connectivity index (χ0n) is 20.6. The molecule has 3 nitrogen and oxygen atoms in total. The zero-order valence-corrected chi connectivity index (χ0v) is 20.6. The number of hydrogen-bond acceptors (Lipinski definition) is 2. The molecule has 2 aliphatic carbocycles. The highest BCUT2D eigenvalue weighted by Crippen LogP contribution is 2.48. The smallest absolute Gasteiger partial charge is 0.251 e. The van der Waals surface area contributed by atoms with Gasteiger partial charge in [0.25, 0.3) is 5.91 Å². The van der Waals surface area contributed by atoms with E-state index < -0.39 is 0 Å². The fourth-order valence-electron chi connectivity index (χ4n) is 6.47. The third-order valence-electron chi connectivity index (χ3n) is 8.28. The summed E-state index contributed by atoms with van der Waals surface area (Å²) in [6, 6.07) is 18.0. The molecule has 1 amide bonds. The summed E-state index contributed by atoms with van der Waals surface area (Å²) in [4.78, 5) is 15.2. The molecule has 0 bridgehead atoms. The van der Waals surface area contributed by atoms with E-state index in [1.807, 2.05) is 32.9 Å². The lowest BCUT2D eigenvalue weighted by Crippen LogP contribution is -2.50. The van der Waals surface area contributed by atoms with Crippen molar-refractivity contribution >= 4 is 12.0 Å². The van der Waals surface area contributed by atoms with E-state index in [1.54, 1.807) is 0 Å². The van der Waals surface area contributed by atoms with E-state index in [4.69, 9.17) is 0 Å². The van der Waals surface area contributed by atoms with Crippen LogP contribution in [0, 0.1) is 5.92 Å². The largest absolute Gasteiger partial charge is 0.347 e. The molecule has 33 heavy (non-hydrogen) atoms. The lowest BCUT2D eigenvalue weighted by atomic mass is 9.68. The molecule has 3 unspecified atom stereocenters. The van der Waals surface area contributed by atoms with E-state index in [0.29, 0.717) is 17.9 Å². The standard InChI is InChI=1S/C30H38N2O/c1-21-20-32(18-17-30(21)16-15-23-7-5-6-8-27(23)30)26-14-13-25(19-26)22-9-11-24(12-10-22)28(33)31-29(2,3)4/h5-12,15-16,21,25-26H,13-14,17-20H2,1-4H3,(H,31,33)/t21-,25?,26?,30?/m0/s1. The van der Waals surface area contributed by atoms with Crippen LogP contribution in [0.2, 0.25) is 0 Å². The molecule has 1 heterocycles. The Bertz CT molecular complexity index is 1050. The second-order valence-corrected chi connectivity index (χ2v) is 11.6. The van der Waals surface area contributed by atoms with Gasteiger partial charge < -0.3 is 10.2 Å². The lowest BCUT2D eigenvalue weighted by molar-refractivity contribution is 0.0898. The molecule has 2 fully saturated rings. The van der Waals surface area contributed by atoms with E-state index in [9.17, 15) is 4.79 Å². The molecule has 2 aromatic rings. The van der Waals surface area contributed by atoms with Gasteiger partial charge in [-0.1, -0.05) is 55.5 Å². The Morgan fingerprint density at radius 3 is 2.55 bits per heavy atom. The van der Waals surface area contributed by atoms with Gasteiger partial charge in [0, 0.05) is 29.1 Å². The van der Waals surface area contributed by atoms with Crippen molar-refractivity contribution in [1.82, 2.24) is 10.2 Å². The van der Waals surface area contributed by atoms with Crippen LogP contribution in [0.3, 0.4) is 0 Å². The number of likely N-dealkylation sites (tertiary alicyclic amines) is 1. The average Bonchev–Trinajstić information content (AvgIpc) is 3.41. The van der Waals surface area contributed by atoms with Crippen molar-refractivity contribution in [3.05, 3.63) is 76.9 Å². The number of carbonyl (C=O) groups excluding carboxylic acids is 1. The van der Waals surface area contributed by atoms with Crippen LogP contribution in [-0.2, 0) is 5.41 Å². The highest BCUT2D eigenvalue weighted by molar-refractivity contribution is 5.94. The molecule has 3 heteroatoms. The van der Waals surface area contributed by atoms with Crippen molar-refractivity contribution in [1.29, 1.82) is 0 Å². The molecular formula is C30H38N2O. The number of carbonyl (C=O) groups is 1. The topological polar surface area (TPSA) is 32.3 Å². The maximum Gasteiger partial charge on any atom is 0.251 e. The van der Waals surface area contributed by atoms with Gasteiger partial charge in [0.1, 0.15) is 0 Å². The first-order valence-electron chi connectivity index (χ1n) is 12.7. The summed E-state index contributed by atoms with van der Waals surface area (Å²) in [5, 5.41) is 3.06. The monoisotopic (exact) mass is 442 g/mol. The molecule has 0 radical (unpaired) electrons. The summed E-state index contributed by atoms with van der Waals surface area (Å²) in [5.74, 6) is 1.25. The number of hydrogen-bond donors (Lipinski definition) is 1. The average molecular weight is 443 g/mol. The van der Waals surface area contributed by atoms with Gasteiger partial charge in [0.05, 0.1) is 0 Å². The Labute approximate surface area is 199 Å². The van der Waals surface area contributed by atoms with Crippen LogP contribution in [0.1, 0.15) is 86.3 Å². The molecule has 1 spiro atoms. The molecule has 0 aromatic heterocycles. The third-order valence-corrected chi connectivity index (χ3v) is 8.28. The molecule has 1 N–H and O–H groups in total. The minimum atomic E-state index is -0.213. The first kappa shape index (κ1) is 22.4. The van der Waals surface area contributed by atoms with Gasteiger partial charge in [-0.05, 0) is 93.7 Å². The first-order valence-corrected chi connectivity index (χ1v) is 12.7. The van der Waals surface area contributed by atoms with Crippen LogP contribution in [0.25, 0.3) is 6.08 Å². The van der Waals surface area contributed by atoms with Gasteiger partial charge in [0.15, 0.2) is 0 Å². The van der Waals surface area contributed by atoms with Crippen LogP contribution >= 0.6 is 0 Å². The van der Waals surface area contributed by atoms with Gasteiger partial charge in [-0.2, -0.15) is 0 Å². The number of benzene rings is 2. The summed E-state index contributed by atoms with van der Waals surface area (Å²) >= 11 is 0. The molecule has 4 atom stereocenters. The molecule has 174 valence electrons. The van der Waals surface area contributed by atoms with Crippen molar-refractivity contribution in [2.24, 2.45) is 5.92 Å². The summed E-state index contributed by atoms with van der Waals surface area (Å²) in [6.07, 6.45) is 9.83. The number of piperidine rings is 1. The third kappa shape index (κ3) is 4.28. The van der Waals surface area contributed by atoms with Crippen molar-refractivity contribution < 1.29 is 4.79 Å². The van der Waals surface area contributed by atoms with Crippen LogP contribution in [0.4, 0.5) is 0 Å². The Morgan fingerprint density at radius 1 is 1.06 bits per heavy atom. The Morgan fingerprint density at radius 2 is 1.82 bits per heavy atom. The maximum absolute atomic E-state index is 12.4. The Kier molecular flexibility index (Phi) is 5.73. The van der Waals surface area contributed by atoms with E-state index in [2.05, 4.69) is 65.7 Å². The lowest BCUT2D eigenvalue weighted by Gasteiger charge is -2.46. The summed E-state index contributed by atoms with van der Waals surface area (Å²) in [7, 11) is 0. The SMILES string of the molecule is C[C@H]1CN(C2CCC(c3ccc(C(=O)NC(C)(C)C)cc3)C2)CCC12C=Cc1ccccc12. The summed E-state index contributed by atoms with van der Waals surface area (Å²) < 4.78 is 0. The second-order valence-electron chi connectivity index (χ2n) is 11.6. The zero-order chi connectivity index (χ0) is 23.2. The van der Waals surface area contributed by atoms with Gasteiger partial charge in [-0.25, -0.2) is 0 Å². The van der Waals surface area contributed by atoms with Crippen molar-refractivity contribution in [2.75, 3.05) is 13.1 Å². The first-order chi connectivity index (χ1) is 15.7. The van der Waals surface area contributed by atoms with E-state index in [1.165, 1.54) is 55.5 Å². The second kappa shape index (κ2) is 8.43. The Hall–Kier alpha value is -2.39. The molecule has 2 aromatic carbocycles. The highest BCUT2D eigenvalue weighted by Gasteiger charge is 2.45. The highest BCUT2D eigenvalue weighted by atomic mass is 16.1. The van der Waals surface area contributed by atoms with Crippen molar-refractivity contribution in [3.63, 3.8) is 0 Å². The van der Waals surface area contributed by atoms with Gasteiger partial charge >= 0.3 is 0 Å². The van der Waals surface area contributed by atoms with Gasteiger partial charge in [0.2, 0.25) is 0 Å². The van der Waals surface area contributed by atoms with Crippen LogP contribution < -0.4 is 5.32 Å². The molecule has 1 saturated carbocycles. The predicted octanol–water partition coefficient (Wildman–Crippen LogP) is 6.16. The van der Waals surface area contributed by atoms with E-state index >= 15 is 0 Å². The van der Waals surface area contributed by atoms with Gasteiger partial charge in [-0.15, -0.1) is 0 Å². The Balaban J connectivity index is 1.21. The summed E-state index contributed by atoms with van der Waals surface area (Å²) in [6.45, 7) is 10.9. The van der Waals surface area contributed by atoms with Crippen molar-refractivity contribution in [3.8, 4) is 0 Å². The summed E-state index contributed by atoms with van der Waals surface area (Å²) in [5.41, 5.74) is 5.11. The van der Waals surface area contributed by atoms with Crippen LogP contribution in [0.15, 0.2) is 54.6 Å². The molecule has 5 rings (SSSR count). The maximum atomic E-state index is 12.4. The number of rotatable bonds is 3. The minimum Gasteiger partial charge on any atom is -0.347 e. The van der Waals surface area contributed by atoms with Crippen LogP contribution in [-0.4, -0.2) is 35.5 Å². The predicted molar refractivity (Wildman–Crippen MR) is 137 cm³/mol. The minimum absolute atomic E-state index is 0.0112. The quantitative estimate of drug-likeness (QED) is 0.618. The molecule has 1 aliphatic heterocycles. The molecule has 1 saturated heterocycles. The van der Waals surface area contributed by atoms with Crippen molar-refractivity contribution in [2.45, 2.75) is 76.3 Å². The number of nitrogens with zero attached hydrogens (tertiary/aromatic N) is 1.